The average Bonchev–Trinajstić information content (AvgIpc) is 2.31. The second-order valence-corrected chi connectivity index (χ2v) is 3.26. The standard InChI is InChI=1S/C8H8O4S/c1-2-12-7(10)4-5-3-6(9)8(11)13-5/h3-4,9H,2H2,1H3/b5-4-. The molecule has 0 atom stereocenters. The smallest absolute Gasteiger partial charge is 0.331 e. The van der Waals surface area contributed by atoms with Crippen molar-refractivity contribution >= 4 is 22.8 Å². The zero-order chi connectivity index (χ0) is 9.84. The van der Waals surface area contributed by atoms with Crippen LogP contribution in [0.1, 0.15) is 6.92 Å². The first-order valence-corrected chi connectivity index (χ1v) is 4.46. The molecule has 0 bridgehead atoms. The van der Waals surface area contributed by atoms with Crippen molar-refractivity contribution in [1.29, 1.82) is 0 Å². The van der Waals surface area contributed by atoms with E-state index in [1.807, 2.05) is 0 Å². The quantitative estimate of drug-likeness (QED) is 0.535. The topological polar surface area (TPSA) is 63.6 Å². The molecule has 0 saturated heterocycles. The molecule has 0 unspecified atom stereocenters. The highest BCUT2D eigenvalue weighted by Crippen LogP contribution is 2.28. The summed E-state index contributed by atoms with van der Waals surface area (Å²) in [6.45, 7) is 1.98. The van der Waals surface area contributed by atoms with Crippen LogP contribution in [0.3, 0.4) is 0 Å². The number of thioether (sulfide) groups is 1. The molecule has 0 saturated carbocycles. The molecule has 0 fully saturated rings. The minimum absolute atomic E-state index is 0.289. The van der Waals surface area contributed by atoms with Gasteiger partial charge in [-0.05, 0) is 24.8 Å². The molecule has 5 heteroatoms. The Bertz CT molecular complexity index is 303. The molecule has 0 aromatic rings. The predicted molar refractivity (Wildman–Crippen MR) is 48.0 cm³/mol. The van der Waals surface area contributed by atoms with Crippen molar-refractivity contribution in [2.75, 3.05) is 6.61 Å². The van der Waals surface area contributed by atoms with E-state index in [-0.39, 0.29) is 12.4 Å². The van der Waals surface area contributed by atoms with Crippen LogP contribution >= 0.6 is 11.8 Å². The molecular weight excluding hydrogens is 192 g/mol. The maximum Gasteiger partial charge on any atom is 0.331 e. The number of carbonyl (C=O) groups excluding carboxylic acids is 2. The molecule has 0 aromatic heterocycles. The highest BCUT2D eigenvalue weighted by atomic mass is 32.2. The minimum atomic E-state index is -0.510. The molecule has 1 N–H and O–H groups in total. The number of carbonyl (C=O) groups is 2. The van der Waals surface area contributed by atoms with E-state index in [2.05, 4.69) is 4.74 Å². The lowest BCUT2D eigenvalue weighted by atomic mass is 10.4. The number of hydrogen-bond acceptors (Lipinski definition) is 5. The van der Waals surface area contributed by atoms with Gasteiger partial charge < -0.3 is 9.84 Å². The molecule has 1 aliphatic rings. The number of aliphatic hydroxyl groups is 1. The summed E-state index contributed by atoms with van der Waals surface area (Å²) in [6, 6.07) is 0. The second kappa shape index (κ2) is 4.13. The monoisotopic (exact) mass is 200 g/mol. The van der Waals surface area contributed by atoms with Gasteiger partial charge in [0.15, 0.2) is 5.76 Å². The van der Waals surface area contributed by atoms with Crippen molar-refractivity contribution < 1.29 is 19.4 Å². The molecule has 1 rings (SSSR count). The first-order valence-electron chi connectivity index (χ1n) is 3.64. The third-order valence-corrected chi connectivity index (χ3v) is 2.11. The third kappa shape index (κ3) is 2.62. The Morgan fingerprint density at radius 1 is 1.77 bits per heavy atom. The number of esters is 1. The zero-order valence-corrected chi connectivity index (χ0v) is 7.76. The normalized spacial score (nSPS) is 19.0. The van der Waals surface area contributed by atoms with Gasteiger partial charge >= 0.3 is 5.97 Å². The van der Waals surface area contributed by atoms with Gasteiger partial charge in [-0.3, -0.25) is 4.79 Å². The second-order valence-electron chi connectivity index (χ2n) is 2.22. The molecule has 0 aromatic carbocycles. The van der Waals surface area contributed by atoms with Crippen LogP contribution in [0.4, 0.5) is 0 Å². The number of hydrogen-bond donors (Lipinski definition) is 1. The fraction of sp³-hybridized carbons (Fsp3) is 0.250. The van der Waals surface area contributed by atoms with Crippen LogP contribution in [0, 0.1) is 0 Å². The fourth-order valence-corrected chi connectivity index (χ4v) is 1.46. The van der Waals surface area contributed by atoms with Gasteiger partial charge in [0.25, 0.3) is 5.12 Å². The van der Waals surface area contributed by atoms with E-state index >= 15 is 0 Å². The van der Waals surface area contributed by atoms with Crippen molar-refractivity contribution in [3.63, 3.8) is 0 Å². The van der Waals surface area contributed by atoms with Crippen LogP contribution in [0.15, 0.2) is 22.8 Å². The Morgan fingerprint density at radius 3 is 2.92 bits per heavy atom. The zero-order valence-electron chi connectivity index (χ0n) is 6.94. The molecule has 1 heterocycles. The summed E-state index contributed by atoms with van der Waals surface area (Å²) in [5.41, 5.74) is 0. The molecule has 1 aliphatic heterocycles. The molecule has 0 aliphatic carbocycles. The van der Waals surface area contributed by atoms with E-state index in [4.69, 9.17) is 5.11 Å². The van der Waals surface area contributed by atoms with Crippen molar-refractivity contribution in [3.8, 4) is 0 Å². The summed E-state index contributed by atoms with van der Waals surface area (Å²) in [5, 5.41) is 8.46. The van der Waals surface area contributed by atoms with Gasteiger partial charge in [0.1, 0.15) is 0 Å². The fourth-order valence-electron chi connectivity index (χ4n) is 0.754. The van der Waals surface area contributed by atoms with Crippen LogP contribution < -0.4 is 0 Å². The Labute approximate surface area is 79.3 Å². The Hall–Kier alpha value is -1.23. The van der Waals surface area contributed by atoms with Gasteiger partial charge in [-0.2, -0.15) is 0 Å². The van der Waals surface area contributed by atoms with Crippen LogP contribution in [-0.4, -0.2) is 22.8 Å². The van der Waals surface area contributed by atoms with Gasteiger partial charge in [-0.15, -0.1) is 0 Å². The number of allylic oxidation sites excluding steroid dienone is 1. The largest absolute Gasteiger partial charge is 0.504 e. The highest BCUT2D eigenvalue weighted by molar-refractivity contribution is 8.18. The van der Waals surface area contributed by atoms with Crippen molar-refractivity contribution in [2.24, 2.45) is 0 Å². The molecule has 0 spiro atoms. The number of aliphatic hydroxyl groups excluding tert-OH is 1. The highest BCUT2D eigenvalue weighted by Gasteiger charge is 2.19. The molecule has 0 amide bonds. The van der Waals surface area contributed by atoms with E-state index in [9.17, 15) is 9.59 Å². The third-order valence-electron chi connectivity index (χ3n) is 1.25. The van der Waals surface area contributed by atoms with Gasteiger partial charge in [-0.1, -0.05) is 0 Å². The van der Waals surface area contributed by atoms with Crippen LogP contribution in [-0.2, 0) is 14.3 Å². The first kappa shape index (κ1) is 9.85. The van der Waals surface area contributed by atoms with E-state index < -0.39 is 11.1 Å². The Balaban J connectivity index is 2.65. The summed E-state index contributed by atoms with van der Waals surface area (Å²) in [7, 11) is 0. The van der Waals surface area contributed by atoms with Gasteiger partial charge in [-0.25, -0.2) is 4.79 Å². The van der Waals surface area contributed by atoms with Crippen LogP contribution in [0.5, 0.6) is 0 Å². The molecule has 4 nitrogen and oxygen atoms in total. The van der Waals surface area contributed by atoms with Crippen molar-refractivity contribution in [3.05, 3.63) is 22.8 Å². The van der Waals surface area contributed by atoms with E-state index in [1.54, 1.807) is 6.92 Å². The van der Waals surface area contributed by atoms with Crippen molar-refractivity contribution in [2.45, 2.75) is 6.92 Å². The minimum Gasteiger partial charge on any atom is -0.504 e. The molecule has 70 valence electrons. The summed E-state index contributed by atoms with van der Waals surface area (Å²) in [5.74, 6) is -0.843. The maximum absolute atomic E-state index is 10.9. The summed E-state index contributed by atoms with van der Waals surface area (Å²) in [4.78, 5) is 22.1. The number of ether oxygens (including phenoxy) is 1. The predicted octanol–water partition coefficient (Wildman–Crippen LogP) is 1.15. The molecule has 13 heavy (non-hydrogen) atoms. The molecule has 0 radical (unpaired) electrons. The molecular formula is C8H8O4S. The van der Waals surface area contributed by atoms with E-state index in [0.717, 1.165) is 11.8 Å². The SMILES string of the molecule is CCOC(=O)/C=C1/C=C(O)C(=O)S1. The lowest BCUT2D eigenvalue weighted by molar-refractivity contribution is -0.137. The summed E-state index contributed by atoms with van der Waals surface area (Å²) in [6.07, 6.45) is 2.42. The summed E-state index contributed by atoms with van der Waals surface area (Å²) >= 11 is 0.807. The van der Waals surface area contributed by atoms with Crippen LogP contribution in [0.25, 0.3) is 0 Å². The Kier molecular flexibility index (Phi) is 3.13. The lowest BCUT2D eigenvalue weighted by Crippen LogP contribution is -1.99. The van der Waals surface area contributed by atoms with Gasteiger partial charge in [0.05, 0.1) is 6.61 Å². The summed E-state index contributed by atoms with van der Waals surface area (Å²) < 4.78 is 4.62. The van der Waals surface area contributed by atoms with Gasteiger partial charge in [0, 0.05) is 11.0 Å². The van der Waals surface area contributed by atoms with Crippen LogP contribution in [0.2, 0.25) is 0 Å². The average molecular weight is 200 g/mol. The van der Waals surface area contributed by atoms with E-state index in [1.165, 1.54) is 12.2 Å². The lowest BCUT2D eigenvalue weighted by Gasteiger charge is -1.95. The first-order chi connectivity index (χ1) is 6.13. The van der Waals surface area contributed by atoms with E-state index in [0.29, 0.717) is 4.91 Å². The Morgan fingerprint density at radius 2 is 2.46 bits per heavy atom. The maximum atomic E-state index is 10.9. The number of rotatable bonds is 2. The van der Waals surface area contributed by atoms with Gasteiger partial charge in [0.2, 0.25) is 0 Å². The van der Waals surface area contributed by atoms with Crippen molar-refractivity contribution in [1.82, 2.24) is 0 Å².